The number of hydrogen-bond acceptors (Lipinski definition) is 6. The molecule has 0 saturated heterocycles. The van der Waals surface area contributed by atoms with E-state index < -0.39 is 18.1 Å². The van der Waals surface area contributed by atoms with E-state index in [4.69, 9.17) is 14.2 Å². The molecule has 8 heteroatoms. The van der Waals surface area contributed by atoms with Crippen molar-refractivity contribution in [1.82, 2.24) is 0 Å². The summed E-state index contributed by atoms with van der Waals surface area (Å²) in [4.78, 5) is 36.9. The van der Waals surface area contributed by atoms with Crippen molar-refractivity contribution in [1.29, 1.82) is 0 Å². The van der Waals surface area contributed by atoms with E-state index in [0.29, 0.717) is 19.3 Å². The molecule has 54 heavy (non-hydrogen) atoms. The zero-order chi connectivity index (χ0) is 40.0. The molecule has 0 aliphatic heterocycles. The Labute approximate surface area is 330 Å². The summed E-state index contributed by atoms with van der Waals surface area (Å²) < 4.78 is 17.2. The lowest BCUT2D eigenvalue weighted by molar-refractivity contribution is -0.887. The normalized spacial score (nSPS) is 13.7. The minimum Gasteiger partial charge on any atom is -0.477 e. The Hall–Kier alpha value is -3.23. The van der Waals surface area contributed by atoms with Crippen LogP contribution in [0.25, 0.3) is 0 Å². The van der Waals surface area contributed by atoms with Gasteiger partial charge in [0, 0.05) is 19.3 Å². The number of carboxylic acids is 1. The number of carbonyl (C=O) groups excluding carboxylic acids is 2. The summed E-state index contributed by atoms with van der Waals surface area (Å²) in [5, 5.41) is 9.60. The molecule has 0 aliphatic carbocycles. The van der Waals surface area contributed by atoms with E-state index in [1.807, 2.05) is 75.8 Å². The minimum atomic E-state index is -0.890. The zero-order valence-electron chi connectivity index (χ0n) is 34.9. The van der Waals surface area contributed by atoms with Crippen LogP contribution in [0.2, 0.25) is 0 Å². The molecule has 1 N–H and O–H groups in total. The molecule has 0 aromatic rings. The molecule has 0 aromatic heterocycles. The Morgan fingerprint density at radius 3 is 1.63 bits per heavy atom. The molecule has 0 spiro atoms. The molecule has 0 radical (unpaired) electrons. The Morgan fingerprint density at radius 1 is 0.574 bits per heavy atom. The molecule has 8 nitrogen and oxygen atoms in total. The highest BCUT2D eigenvalue weighted by molar-refractivity contribution is 5.72. The monoisotopic (exact) mass is 757 g/mol. The number of unbranched alkanes of at least 4 members (excludes halogenated alkanes) is 14. The van der Waals surface area contributed by atoms with Crippen LogP contribution in [0.4, 0.5) is 0 Å². The Balaban J connectivity index is 4.46. The van der Waals surface area contributed by atoms with E-state index in [0.717, 1.165) is 32.1 Å². The number of ether oxygens (including phenoxy) is 3. The van der Waals surface area contributed by atoms with Crippen LogP contribution in [0.3, 0.4) is 0 Å². The molecular weight excluding hydrogens is 679 g/mol. The predicted octanol–water partition coefficient (Wildman–Crippen LogP) is 11.2. The predicted molar refractivity (Wildman–Crippen MR) is 224 cm³/mol. The molecule has 0 aliphatic rings. The van der Waals surface area contributed by atoms with Crippen molar-refractivity contribution in [3.8, 4) is 0 Å². The third kappa shape index (κ3) is 34.5. The van der Waals surface area contributed by atoms with Crippen LogP contribution in [0.5, 0.6) is 0 Å². The first-order valence-corrected chi connectivity index (χ1v) is 21.0. The average Bonchev–Trinajstić information content (AvgIpc) is 3.12. The van der Waals surface area contributed by atoms with Crippen molar-refractivity contribution < 1.29 is 38.2 Å². The standard InChI is InChI=1S/C46H77NO7/c1-6-8-10-12-14-16-18-20-21-22-23-25-26-28-30-32-34-36-44(48)53-41-42(40-52-39-38-43(46(50)51)47(3,4)5)54-45(49)37-35-33-31-29-27-24-19-17-15-13-11-9-7-2/h9,11,13,15,17,19-21,24,27,29,31,42-43H,6-8,10,12,14,16,18,22-23,25-26,28,30,32-41H2,1-5H3/p+1/b11-9+,15-13+,19-17+,21-20+,27-24+,31-29+. The van der Waals surface area contributed by atoms with Gasteiger partial charge in [-0.15, -0.1) is 0 Å². The van der Waals surface area contributed by atoms with Crippen LogP contribution in [0, 0.1) is 0 Å². The van der Waals surface area contributed by atoms with Gasteiger partial charge in [0.05, 0.1) is 34.4 Å². The molecule has 2 atom stereocenters. The number of hydrogen-bond donors (Lipinski definition) is 1. The largest absolute Gasteiger partial charge is 0.477 e. The van der Waals surface area contributed by atoms with Gasteiger partial charge in [-0.25, -0.2) is 4.79 Å². The molecule has 0 rings (SSSR count). The molecule has 0 fully saturated rings. The maximum atomic E-state index is 12.6. The van der Waals surface area contributed by atoms with Crippen molar-refractivity contribution in [2.45, 2.75) is 161 Å². The van der Waals surface area contributed by atoms with Gasteiger partial charge >= 0.3 is 17.9 Å². The van der Waals surface area contributed by atoms with E-state index in [2.05, 4.69) is 32.1 Å². The van der Waals surface area contributed by atoms with Gasteiger partial charge < -0.3 is 23.8 Å². The van der Waals surface area contributed by atoms with Gasteiger partial charge in [0.25, 0.3) is 0 Å². The molecule has 308 valence electrons. The summed E-state index contributed by atoms with van der Waals surface area (Å²) >= 11 is 0. The van der Waals surface area contributed by atoms with E-state index in [9.17, 15) is 19.5 Å². The maximum Gasteiger partial charge on any atom is 0.362 e. The number of rotatable bonds is 36. The van der Waals surface area contributed by atoms with E-state index in [-0.39, 0.29) is 42.7 Å². The number of nitrogens with zero attached hydrogens (tertiary/aromatic N) is 1. The molecule has 0 aromatic carbocycles. The number of aliphatic carboxylic acids is 1. The first-order valence-electron chi connectivity index (χ1n) is 21.0. The third-order valence-electron chi connectivity index (χ3n) is 8.97. The molecule has 0 bridgehead atoms. The van der Waals surface area contributed by atoms with Crippen LogP contribution < -0.4 is 0 Å². The number of allylic oxidation sites excluding steroid dienone is 12. The smallest absolute Gasteiger partial charge is 0.362 e. The van der Waals surface area contributed by atoms with Gasteiger partial charge in [-0.2, -0.15) is 0 Å². The summed E-state index contributed by atoms with van der Waals surface area (Å²) in [6.07, 6.45) is 45.3. The average molecular weight is 757 g/mol. The Bertz CT molecular complexity index is 1110. The molecule has 0 heterocycles. The minimum absolute atomic E-state index is 0.0275. The lowest BCUT2D eigenvalue weighted by atomic mass is 10.1. The first kappa shape index (κ1) is 50.8. The topological polar surface area (TPSA) is 99.1 Å². The SMILES string of the molecule is CC/C=C/C=C/C=C/C=C/C=C/CCCC(=O)OC(COCCC(C(=O)O)[N+](C)(C)C)COC(=O)CCCCCCCCC/C=C/CCCCCCCC. The first-order chi connectivity index (χ1) is 26.1. The number of esters is 2. The number of carboxylic acid groups (broad SMARTS) is 1. The van der Waals surface area contributed by atoms with E-state index >= 15 is 0 Å². The van der Waals surface area contributed by atoms with Crippen LogP contribution in [0.15, 0.2) is 72.9 Å². The fourth-order valence-electron chi connectivity index (χ4n) is 5.70. The summed E-state index contributed by atoms with van der Waals surface area (Å²) in [7, 11) is 5.49. The van der Waals surface area contributed by atoms with Crippen LogP contribution in [-0.4, -0.2) is 80.6 Å². The Morgan fingerprint density at radius 2 is 1.07 bits per heavy atom. The maximum absolute atomic E-state index is 12.6. The van der Waals surface area contributed by atoms with Gasteiger partial charge in [0.1, 0.15) is 6.61 Å². The fourth-order valence-corrected chi connectivity index (χ4v) is 5.70. The number of quaternary nitrogens is 1. The second-order valence-electron chi connectivity index (χ2n) is 15.0. The van der Waals surface area contributed by atoms with Gasteiger partial charge in [-0.1, -0.05) is 151 Å². The van der Waals surface area contributed by atoms with Crippen LogP contribution in [-0.2, 0) is 28.6 Å². The van der Waals surface area contributed by atoms with Gasteiger partial charge in [0.2, 0.25) is 0 Å². The van der Waals surface area contributed by atoms with E-state index in [1.54, 1.807) is 0 Å². The highest BCUT2D eigenvalue weighted by Gasteiger charge is 2.31. The van der Waals surface area contributed by atoms with Gasteiger partial charge in [-0.3, -0.25) is 9.59 Å². The highest BCUT2D eigenvalue weighted by Crippen LogP contribution is 2.13. The van der Waals surface area contributed by atoms with Crippen LogP contribution >= 0.6 is 0 Å². The summed E-state index contributed by atoms with van der Waals surface area (Å²) in [6, 6.07) is -0.630. The van der Waals surface area contributed by atoms with Gasteiger partial charge in [-0.05, 0) is 51.4 Å². The van der Waals surface area contributed by atoms with Crippen molar-refractivity contribution in [2.75, 3.05) is 41.0 Å². The van der Waals surface area contributed by atoms with Crippen LogP contribution in [0.1, 0.15) is 149 Å². The van der Waals surface area contributed by atoms with Crippen molar-refractivity contribution in [3.63, 3.8) is 0 Å². The second kappa shape index (κ2) is 36.7. The summed E-state index contributed by atoms with van der Waals surface area (Å²) in [5.74, 6) is -1.58. The zero-order valence-corrected chi connectivity index (χ0v) is 34.9. The molecular formula is C46H78NO7+. The van der Waals surface area contributed by atoms with Gasteiger partial charge in [0.15, 0.2) is 12.1 Å². The summed E-state index contributed by atoms with van der Waals surface area (Å²) in [6.45, 7) is 4.48. The molecule has 2 unspecified atom stereocenters. The molecule has 0 saturated carbocycles. The lowest BCUT2D eigenvalue weighted by Crippen LogP contribution is -2.50. The summed E-state index contributed by atoms with van der Waals surface area (Å²) in [5.41, 5.74) is 0. The van der Waals surface area contributed by atoms with Crippen molar-refractivity contribution in [2.24, 2.45) is 0 Å². The quantitative estimate of drug-likeness (QED) is 0.0223. The van der Waals surface area contributed by atoms with Crippen molar-refractivity contribution >= 4 is 17.9 Å². The van der Waals surface area contributed by atoms with E-state index in [1.165, 1.54) is 77.0 Å². The number of likely N-dealkylation sites (N-methyl/N-ethyl adjacent to an activating group) is 1. The number of carbonyl (C=O) groups is 3. The Kier molecular flexibility index (Phi) is 34.5. The fraction of sp³-hybridized carbons (Fsp3) is 0.674. The molecule has 0 amide bonds. The highest BCUT2D eigenvalue weighted by atomic mass is 16.6. The lowest BCUT2D eigenvalue weighted by Gasteiger charge is -2.31. The third-order valence-corrected chi connectivity index (χ3v) is 8.97. The second-order valence-corrected chi connectivity index (χ2v) is 15.0. The van der Waals surface area contributed by atoms with Crippen molar-refractivity contribution in [3.05, 3.63) is 72.9 Å².